The number of rotatable bonds is 6. The molecular weight excluding hydrogens is 316 g/mol. The van der Waals surface area contributed by atoms with Crippen molar-refractivity contribution in [2.45, 2.75) is 26.3 Å². The van der Waals surface area contributed by atoms with Crippen LogP contribution in [0.25, 0.3) is 11.3 Å². The maximum atomic E-state index is 12.4. The molecule has 3 aromatic heterocycles. The first kappa shape index (κ1) is 15.6. The van der Waals surface area contributed by atoms with Gasteiger partial charge in [0, 0.05) is 48.9 Å². The molecule has 4 rings (SSSR count). The molecule has 1 saturated carbocycles. The fourth-order valence-corrected chi connectivity index (χ4v) is 2.97. The van der Waals surface area contributed by atoms with Crippen LogP contribution in [0.2, 0.25) is 0 Å². The first-order chi connectivity index (χ1) is 12.2. The zero-order valence-corrected chi connectivity index (χ0v) is 14.1. The summed E-state index contributed by atoms with van der Waals surface area (Å²) in [5.41, 5.74) is 2.29. The van der Waals surface area contributed by atoms with Crippen LogP contribution in [0.5, 0.6) is 0 Å². The smallest absolute Gasteiger partial charge is 0.269 e. The van der Waals surface area contributed by atoms with E-state index in [-0.39, 0.29) is 11.3 Å². The lowest BCUT2D eigenvalue weighted by Crippen LogP contribution is -2.32. The van der Waals surface area contributed by atoms with Gasteiger partial charge < -0.3 is 9.88 Å². The molecule has 0 atom stereocenters. The molecule has 1 fully saturated rings. The zero-order chi connectivity index (χ0) is 17.3. The molecule has 7 nitrogen and oxygen atoms in total. The quantitative estimate of drug-likeness (QED) is 0.722. The minimum absolute atomic E-state index is 0.124. The summed E-state index contributed by atoms with van der Waals surface area (Å²) in [6.45, 7) is 3.55. The molecule has 3 aromatic rings. The van der Waals surface area contributed by atoms with E-state index in [1.807, 2.05) is 31.5 Å². The number of hydrogen-bond donors (Lipinski definition) is 2. The molecule has 2 N–H and O–H groups in total. The molecule has 0 unspecified atom stereocenters. The van der Waals surface area contributed by atoms with Gasteiger partial charge in [-0.2, -0.15) is 5.10 Å². The van der Waals surface area contributed by atoms with E-state index in [4.69, 9.17) is 0 Å². The Morgan fingerprint density at radius 3 is 2.80 bits per heavy atom. The summed E-state index contributed by atoms with van der Waals surface area (Å²) in [6.07, 6.45) is 9.46. The normalized spacial score (nSPS) is 15.1. The fraction of sp³-hybridized carbons (Fsp3) is 0.333. The van der Waals surface area contributed by atoms with E-state index in [1.54, 1.807) is 18.5 Å². The third kappa shape index (κ3) is 3.31. The van der Waals surface area contributed by atoms with E-state index < -0.39 is 0 Å². The molecule has 1 aliphatic carbocycles. The SMILES string of the molecule is Cc1nccn1CC1(CNC(=O)c2cc(-c3ccncc3)n[nH]2)CC1. The number of pyridine rings is 1. The summed E-state index contributed by atoms with van der Waals surface area (Å²) in [4.78, 5) is 20.7. The highest BCUT2D eigenvalue weighted by Gasteiger charge is 2.43. The van der Waals surface area contributed by atoms with Crippen molar-refractivity contribution in [2.24, 2.45) is 5.41 Å². The van der Waals surface area contributed by atoms with Crippen molar-refractivity contribution in [3.8, 4) is 11.3 Å². The summed E-state index contributed by atoms with van der Waals surface area (Å²) in [5.74, 6) is 0.884. The molecule has 0 radical (unpaired) electrons. The molecule has 0 aliphatic heterocycles. The number of H-pyrrole nitrogens is 1. The van der Waals surface area contributed by atoms with Crippen LogP contribution in [0.1, 0.15) is 29.2 Å². The number of imidazole rings is 1. The Kier molecular flexibility index (Phi) is 3.83. The van der Waals surface area contributed by atoms with Crippen LogP contribution in [0.3, 0.4) is 0 Å². The maximum Gasteiger partial charge on any atom is 0.269 e. The lowest BCUT2D eigenvalue weighted by atomic mass is 10.1. The van der Waals surface area contributed by atoms with E-state index in [1.165, 1.54) is 0 Å². The molecule has 3 heterocycles. The van der Waals surface area contributed by atoms with Crippen LogP contribution in [-0.4, -0.2) is 37.2 Å². The van der Waals surface area contributed by atoms with Gasteiger partial charge in [-0.3, -0.25) is 14.9 Å². The standard InChI is InChI=1S/C18H20N6O/c1-13-20-8-9-24(13)12-18(4-5-18)11-21-17(25)16-10-15(22-23-16)14-2-6-19-7-3-14/h2-3,6-10H,4-5,11-12H2,1H3,(H,21,25)(H,22,23). The summed E-state index contributed by atoms with van der Waals surface area (Å²) in [6, 6.07) is 5.50. The van der Waals surface area contributed by atoms with Gasteiger partial charge in [0.15, 0.2) is 0 Å². The molecule has 0 bridgehead atoms. The zero-order valence-electron chi connectivity index (χ0n) is 14.1. The van der Waals surface area contributed by atoms with Crippen LogP contribution in [0.4, 0.5) is 0 Å². The predicted octanol–water partition coefficient (Wildman–Crippen LogP) is 2.19. The van der Waals surface area contributed by atoms with E-state index in [0.29, 0.717) is 12.2 Å². The minimum Gasteiger partial charge on any atom is -0.350 e. The number of carbonyl (C=O) groups excluding carboxylic acids is 1. The molecule has 128 valence electrons. The summed E-state index contributed by atoms with van der Waals surface area (Å²) >= 11 is 0. The Morgan fingerprint density at radius 2 is 2.12 bits per heavy atom. The summed E-state index contributed by atoms with van der Waals surface area (Å²) in [5, 5.41) is 10.1. The highest BCUT2D eigenvalue weighted by atomic mass is 16.1. The van der Waals surface area contributed by atoms with Crippen LogP contribution >= 0.6 is 0 Å². The Bertz CT molecular complexity index is 878. The number of nitrogens with zero attached hydrogens (tertiary/aromatic N) is 4. The number of aromatic nitrogens is 5. The second-order valence-corrected chi connectivity index (χ2v) is 6.69. The Morgan fingerprint density at radius 1 is 1.32 bits per heavy atom. The molecule has 7 heteroatoms. The molecule has 1 aliphatic rings. The number of hydrogen-bond acceptors (Lipinski definition) is 4. The van der Waals surface area contributed by atoms with Crippen molar-refractivity contribution in [2.75, 3.05) is 6.54 Å². The Hall–Kier alpha value is -2.96. The third-order valence-corrected chi connectivity index (χ3v) is 4.81. The van der Waals surface area contributed by atoms with Crippen molar-refractivity contribution in [3.05, 3.63) is 54.5 Å². The van der Waals surface area contributed by atoms with Gasteiger partial charge in [-0.25, -0.2) is 4.98 Å². The molecule has 1 amide bonds. The Labute approximate surface area is 145 Å². The van der Waals surface area contributed by atoms with Crippen molar-refractivity contribution in [3.63, 3.8) is 0 Å². The van der Waals surface area contributed by atoms with Gasteiger partial charge >= 0.3 is 0 Å². The number of aromatic amines is 1. The van der Waals surface area contributed by atoms with Crippen LogP contribution in [0, 0.1) is 12.3 Å². The highest BCUT2D eigenvalue weighted by Crippen LogP contribution is 2.46. The average molecular weight is 336 g/mol. The van der Waals surface area contributed by atoms with Crippen LogP contribution in [-0.2, 0) is 6.54 Å². The van der Waals surface area contributed by atoms with Gasteiger partial charge in [-0.15, -0.1) is 0 Å². The monoisotopic (exact) mass is 336 g/mol. The number of carbonyl (C=O) groups is 1. The number of nitrogens with one attached hydrogen (secondary N) is 2. The second-order valence-electron chi connectivity index (χ2n) is 6.69. The largest absolute Gasteiger partial charge is 0.350 e. The lowest BCUT2D eigenvalue weighted by Gasteiger charge is -2.17. The molecule has 0 spiro atoms. The average Bonchev–Trinajstić information content (AvgIpc) is 3.03. The number of aryl methyl sites for hydroxylation is 1. The Balaban J connectivity index is 1.38. The van der Waals surface area contributed by atoms with E-state index in [0.717, 1.165) is 36.5 Å². The third-order valence-electron chi connectivity index (χ3n) is 4.81. The van der Waals surface area contributed by atoms with Gasteiger partial charge in [0.2, 0.25) is 0 Å². The fourth-order valence-electron chi connectivity index (χ4n) is 2.97. The van der Waals surface area contributed by atoms with Gasteiger partial charge in [0.25, 0.3) is 5.91 Å². The topological polar surface area (TPSA) is 88.5 Å². The first-order valence-electron chi connectivity index (χ1n) is 8.37. The summed E-state index contributed by atoms with van der Waals surface area (Å²) in [7, 11) is 0. The van der Waals surface area contributed by atoms with E-state index >= 15 is 0 Å². The van der Waals surface area contributed by atoms with Gasteiger partial charge in [-0.1, -0.05) is 0 Å². The predicted molar refractivity (Wildman–Crippen MR) is 92.8 cm³/mol. The molecule has 0 saturated heterocycles. The van der Waals surface area contributed by atoms with Gasteiger partial charge in [-0.05, 0) is 38.0 Å². The van der Waals surface area contributed by atoms with Gasteiger partial charge in [0.05, 0.1) is 5.69 Å². The second kappa shape index (κ2) is 6.16. The van der Waals surface area contributed by atoms with Crippen molar-refractivity contribution < 1.29 is 4.79 Å². The van der Waals surface area contributed by atoms with Crippen LogP contribution in [0.15, 0.2) is 43.0 Å². The van der Waals surface area contributed by atoms with Crippen molar-refractivity contribution >= 4 is 5.91 Å². The van der Waals surface area contributed by atoms with E-state index in [2.05, 4.69) is 30.0 Å². The molecule has 25 heavy (non-hydrogen) atoms. The van der Waals surface area contributed by atoms with Gasteiger partial charge in [0.1, 0.15) is 11.5 Å². The van der Waals surface area contributed by atoms with E-state index in [9.17, 15) is 4.79 Å². The summed E-state index contributed by atoms with van der Waals surface area (Å²) < 4.78 is 2.15. The molecular formula is C18H20N6O. The lowest BCUT2D eigenvalue weighted by molar-refractivity contribution is 0.0938. The maximum absolute atomic E-state index is 12.4. The minimum atomic E-state index is -0.124. The first-order valence-corrected chi connectivity index (χ1v) is 8.37. The molecule has 0 aromatic carbocycles. The van der Waals surface area contributed by atoms with Crippen molar-refractivity contribution in [1.29, 1.82) is 0 Å². The number of amides is 1. The van der Waals surface area contributed by atoms with Crippen molar-refractivity contribution in [1.82, 2.24) is 30.0 Å². The highest BCUT2D eigenvalue weighted by molar-refractivity contribution is 5.93. The van der Waals surface area contributed by atoms with Crippen LogP contribution < -0.4 is 5.32 Å².